The predicted octanol–water partition coefficient (Wildman–Crippen LogP) is 3.95. The monoisotopic (exact) mass is 586 g/mol. The van der Waals surface area contributed by atoms with E-state index in [4.69, 9.17) is 21.7 Å². The van der Waals surface area contributed by atoms with Crippen LogP contribution >= 0.6 is 50.7 Å². The summed E-state index contributed by atoms with van der Waals surface area (Å²) in [5.41, 5.74) is 1.61. The van der Waals surface area contributed by atoms with Crippen molar-refractivity contribution >= 4 is 73.7 Å². The highest BCUT2D eigenvalue weighted by Crippen LogP contribution is 2.36. The molecule has 0 bridgehead atoms. The third-order valence-electron chi connectivity index (χ3n) is 3.92. The fraction of sp³-hybridized carbons (Fsp3) is 0.150. The topological polar surface area (TPSA) is 76.7 Å². The van der Waals surface area contributed by atoms with E-state index in [0.29, 0.717) is 30.3 Å². The molecule has 1 aliphatic rings. The van der Waals surface area contributed by atoms with Gasteiger partial charge in [-0.3, -0.25) is 20.2 Å². The third kappa shape index (κ3) is 5.34. The Balaban J connectivity index is 1.91. The smallest absolute Gasteiger partial charge is 0.263 e. The lowest BCUT2D eigenvalue weighted by Gasteiger charge is -2.17. The van der Waals surface area contributed by atoms with Crippen LogP contribution in [0.25, 0.3) is 6.08 Å². The molecule has 2 aromatic carbocycles. The van der Waals surface area contributed by atoms with Gasteiger partial charge in [-0.2, -0.15) is 0 Å². The van der Waals surface area contributed by atoms with Gasteiger partial charge in [0.25, 0.3) is 11.8 Å². The van der Waals surface area contributed by atoms with Crippen LogP contribution in [0.15, 0.2) is 46.4 Å². The van der Waals surface area contributed by atoms with E-state index in [0.717, 1.165) is 13.6 Å². The van der Waals surface area contributed by atoms with E-state index in [9.17, 15) is 9.59 Å². The molecule has 3 rings (SSSR count). The highest BCUT2D eigenvalue weighted by molar-refractivity contribution is 14.1. The molecule has 1 fully saturated rings. The summed E-state index contributed by atoms with van der Waals surface area (Å²) in [6, 6.07) is 11.4. The first-order valence-corrected chi connectivity index (χ1v) is 10.9. The molecule has 1 heterocycles. The van der Waals surface area contributed by atoms with Gasteiger partial charge in [0.05, 0.1) is 10.2 Å². The summed E-state index contributed by atoms with van der Waals surface area (Å²) in [5.74, 6) is 0.0523. The highest BCUT2D eigenvalue weighted by atomic mass is 127. The minimum Gasteiger partial charge on any atom is -0.490 e. The summed E-state index contributed by atoms with van der Waals surface area (Å²) in [5, 5.41) is 4.84. The Labute approximate surface area is 195 Å². The number of amides is 2. The Kier molecular flexibility index (Phi) is 7.25. The van der Waals surface area contributed by atoms with Crippen molar-refractivity contribution < 1.29 is 19.1 Å². The molecular weight excluding hydrogens is 571 g/mol. The lowest BCUT2D eigenvalue weighted by atomic mass is 10.1. The first kappa shape index (κ1) is 21.7. The van der Waals surface area contributed by atoms with Gasteiger partial charge in [-0.05, 0) is 71.6 Å². The predicted molar refractivity (Wildman–Crippen MR) is 126 cm³/mol. The first-order chi connectivity index (χ1) is 13.9. The van der Waals surface area contributed by atoms with Gasteiger partial charge in [-0.1, -0.05) is 34.1 Å². The quantitative estimate of drug-likeness (QED) is 0.232. The maximum absolute atomic E-state index is 12.1. The zero-order valence-electron chi connectivity index (χ0n) is 15.3. The molecule has 0 radical (unpaired) electrons. The second kappa shape index (κ2) is 9.68. The second-order valence-corrected chi connectivity index (χ2v) is 8.36. The fourth-order valence-corrected chi connectivity index (χ4v) is 3.98. The number of nitrogens with one attached hydrogen (secondary N) is 2. The van der Waals surface area contributed by atoms with Crippen molar-refractivity contribution in [1.29, 1.82) is 0 Å². The van der Waals surface area contributed by atoms with E-state index in [1.54, 1.807) is 6.07 Å². The fourth-order valence-electron chi connectivity index (χ4n) is 2.61. The number of hydrogen-bond acceptors (Lipinski definition) is 5. The number of hydrogen-bond donors (Lipinski definition) is 2. The van der Waals surface area contributed by atoms with Gasteiger partial charge < -0.3 is 9.47 Å². The molecule has 2 aromatic rings. The summed E-state index contributed by atoms with van der Waals surface area (Å²) in [6.07, 6.45) is 1.49. The molecule has 6 nitrogen and oxygen atoms in total. The lowest BCUT2D eigenvalue weighted by Crippen LogP contribution is -2.51. The van der Waals surface area contributed by atoms with E-state index in [1.165, 1.54) is 6.08 Å². The molecular formula is C20H16BrIN2O4S. The van der Waals surface area contributed by atoms with Crippen LogP contribution in [0.1, 0.15) is 18.1 Å². The maximum atomic E-state index is 12.1. The van der Waals surface area contributed by atoms with Crippen LogP contribution in [0.3, 0.4) is 0 Å². The lowest BCUT2D eigenvalue weighted by molar-refractivity contribution is -0.123. The number of rotatable bonds is 6. The summed E-state index contributed by atoms with van der Waals surface area (Å²) in [7, 11) is 0. The summed E-state index contributed by atoms with van der Waals surface area (Å²) < 4.78 is 13.5. The van der Waals surface area contributed by atoms with Crippen molar-refractivity contribution in [1.82, 2.24) is 10.6 Å². The average molecular weight is 587 g/mol. The minimum atomic E-state index is -0.541. The molecule has 1 aliphatic heterocycles. The van der Waals surface area contributed by atoms with Gasteiger partial charge in [-0.25, -0.2) is 0 Å². The molecule has 0 saturated carbocycles. The zero-order chi connectivity index (χ0) is 21.0. The Morgan fingerprint density at radius 1 is 1.14 bits per heavy atom. The normalized spacial score (nSPS) is 13.6. The van der Waals surface area contributed by atoms with E-state index >= 15 is 0 Å². The molecule has 2 N–H and O–H groups in total. The van der Waals surface area contributed by atoms with E-state index in [-0.39, 0.29) is 10.7 Å². The van der Waals surface area contributed by atoms with Crippen LogP contribution in [0.5, 0.6) is 11.5 Å². The van der Waals surface area contributed by atoms with Crippen LogP contribution in [-0.2, 0) is 16.2 Å². The number of thiocarbonyl (C=S) groups is 1. The van der Waals surface area contributed by atoms with Crippen LogP contribution in [-0.4, -0.2) is 23.5 Å². The van der Waals surface area contributed by atoms with Crippen LogP contribution in [0, 0.1) is 3.57 Å². The van der Waals surface area contributed by atoms with Crippen molar-refractivity contribution in [3.8, 4) is 11.5 Å². The molecule has 9 heteroatoms. The van der Waals surface area contributed by atoms with E-state index in [2.05, 4.69) is 49.2 Å². The molecule has 0 atom stereocenters. The Morgan fingerprint density at radius 3 is 2.48 bits per heavy atom. The van der Waals surface area contributed by atoms with Gasteiger partial charge in [0.1, 0.15) is 12.2 Å². The van der Waals surface area contributed by atoms with Crippen molar-refractivity contribution in [2.75, 3.05) is 6.61 Å². The molecule has 0 aromatic heterocycles. The van der Waals surface area contributed by atoms with E-state index in [1.807, 2.05) is 37.3 Å². The van der Waals surface area contributed by atoms with Crippen molar-refractivity contribution in [3.63, 3.8) is 0 Å². The number of benzene rings is 2. The zero-order valence-corrected chi connectivity index (χ0v) is 19.8. The van der Waals surface area contributed by atoms with Gasteiger partial charge in [0.15, 0.2) is 16.6 Å². The van der Waals surface area contributed by atoms with Gasteiger partial charge in [0.2, 0.25) is 0 Å². The molecule has 29 heavy (non-hydrogen) atoms. The summed E-state index contributed by atoms with van der Waals surface area (Å²) in [4.78, 5) is 24.2. The molecule has 0 spiro atoms. The number of carbonyl (C=O) groups is 2. The summed E-state index contributed by atoms with van der Waals surface area (Å²) >= 11 is 10.5. The van der Waals surface area contributed by atoms with Crippen molar-refractivity contribution in [3.05, 3.63) is 61.1 Å². The van der Waals surface area contributed by atoms with Gasteiger partial charge in [-0.15, -0.1) is 0 Å². The first-order valence-electron chi connectivity index (χ1n) is 8.60. The standard InChI is InChI=1S/C20H16BrIN2O4S/c1-2-27-16-9-11(7-13-18(25)23-20(29)24-19(13)26)8-15(22)17(16)28-10-12-5-3-4-6-14(12)21/h3-9H,2,10H2,1H3,(H2,23,24,25,26,29). The number of ether oxygens (including phenoxy) is 2. The molecule has 2 amide bonds. The largest absolute Gasteiger partial charge is 0.490 e. The SMILES string of the molecule is CCOc1cc(C=C2C(=O)NC(=S)NC2=O)cc(I)c1OCc1ccccc1Br. The molecule has 1 saturated heterocycles. The third-order valence-corrected chi connectivity index (χ3v) is 5.69. The average Bonchev–Trinajstić information content (AvgIpc) is 2.65. The van der Waals surface area contributed by atoms with Crippen molar-refractivity contribution in [2.24, 2.45) is 0 Å². The molecule has 150 valence electrons. The maximum Gasteiger partial charge on any atom is 0.263 e. The number of carbonyl (C=O) groups excluding carboxylic acids is 2. The van der Waals surface area contributed by atoms with Gasteiger partial charge >= 0.3 is 0 Å². The second-order valence-electron chi connectivity index (χ2n) is 5.94. The summed E-state index contributed by atoms with van der Waals surface area (Å²) in [6.45, 7) is 2.68. The van der Waals surface area contributed by atoms with Crippen LogP contribution < -0.4 is 20.1 Å². The van der Waals surface area contributed by atoms with Crippen LogP contribution in [0.4, 0.5) is 0 Å². The Morgan fingerprint density at radius 2 is 1.83 bits per heavy atom. The Bertz CT molecular complexity index is 1000. The molecule has 0 aliphatic carbocycles. The van der Waals surface area contributed by atoms with Crippen molar-refractivity contribution in [2.45, 2.75) is 13.5 Å². The highest BCUT2D eigenvalue weighted by Gasteiger charge is 2.26. The molecule has 0 unspecified atom stereocenters. The minimum absolute atomic E-state index is 0.00226. The Hall–Kier alpha value is -1.98. The van der Waals surface area contributed by atoms with Crippen LogP contribution in [0.2, 0.25) is 0 Å². The van der Waals surface area contributed by atoms with E-state index < -0.39 is 11.8 Å². The van der Waals surface area contributed by atoms with Gasteiger partial charge in [0, 0.05) is 10.0 Å². The number of halogens is 2.